The van der Waals surface area contributed by atoms with E-state index in [0.717, 1.165) is 37.5 Å². The van der Waals surface area contributed by atoms with Gasteiger partial charge in [-0.1, -0.05) is 62.2 Å². The first kappa shape index (κ1) is 28.5. The number of nitrogens with one attached hydrogen (secondary N) is 1. The Kier molecular flexibility index (Phi) is 10.4. The van der Waals surface area contributed by atoms with E-state index in [2.05, 4.69) is 5.32 Å². The van der Waals surface area contributed by atoms with Gasteiger partial charge in [0.05, 0.1) is 19.1 Å². The summed E-state index contributed by atoms with van der Waals surface area (Å²) in [6, 6.07) is 16.1. The van der Waals surface area contributed by atoms with Crippen LogP contribution in [0.15, 0.2) is 54.6 Å². The molecule has 0 bridgehead atoms. The molecule has 1 aliphatic rings. The Morgan fingerprint density at radius 2 is 1.70 bits per heavy atom. The number of carbonyl (C=O) groups is 2. The number of carbonyl (C=O) groups excluding carboxylic acids is 2. The molecular formula is C28H39N3O5S. The molecule has 1 aliphatic carbocycles. The summed E-state index contributed by atoms with van der Waals surface area (Å²) in [6.07, 6.45) is 6.21. The predicted octanol–water partition coefficient (Wildman–Crippen LogP) is 4.11. The lowest BCUT2D eigenvalue weighted by Gasteiger charge is -2.32. The van der Waals surface area contributed by atoms with E-state index in [0.29, 0.717) is 30.8 Å². The second-order valence-electron chi connectivity index (χ2n) is 9.53. The minimum absolute atomic E-state index is 0.112. The topological polar surface area (TPSA) is 96.0 Å². The van der Waals surface area contributed by atoms with E-state index in [9.17, 15) is 18.0 Å². The van der Waals surface area contributed by atoms with E-state index in [4.69, 9.17) is 4.74 Å². The molecule has 3 rings (SSSR count). The molecule has 1 N–H and O–H groups in total. The molecule has 0 aliphatic heterocycles. The standard InChI is InChI=1S/C28H39N3O5S/c1-4-24(28(33)29-23-15-8-9-16-23)30(21-22-13-6-5-7-14-22)27(32)19-12-20-31(37(3,34)35)25-17-10-11-18-26(25)36-2/h5-7,10-11,13-14,17-18,23-24H,4,8-9,12,15-16,19-21H2,1-3H3,(H,29,33). The van der Waals surface area contributed by atoms with Crippen LogP contribution in [0.5, 0.6) is 5.75 Å². The molecular weight excluding hydrogens is 490 g/mol. The molecule has 2 aromatic rings. The number of hydrogen-bond acceptors (Lipinski definition) is 5. The number of rotatable bonds is 13. The third-order valence-corrected chi connectivity index (χ3v) is 7.97. The van der Waals surface area contributed by atoms with Gasteiger partial charge in [-0.15, -0.1) is 0 Å². The summed E-state index contributed by atoms with van der Waals surface area (Å²) in [4.78, 5) is 28.4. The average molecular weight is 530 g/mol. The van der Waals surface area contributed by atoms with E-state index in [1.54, 1.807) is 29.2 Å². The van der Waals surface area contributed by atoms with Crippen LogP contribution >= 0.6 is 0 Å². The molecule has 37 heavy (non-hydrogen) atoms. The molecule has 0 heterocycles. The van der Waals surface area contributed by atoms with E-state index < -0.39 is 16.1 Å². The first-order valence-corrected chi connectivity index (χ1v) is 14.8. The zero-order valence-electron chi connectivity index (χ0n) is 22.1. The summed E-state index contributed by atoms with van der Waals surface area (Å²) in [5, 5.41) is 3.15. The highest BCUT2D eigenvalue weighted by molar-refractivity contribution is 7.92. The Morgan fingerprint density at radius 1 is 1.05 bits per heavy atom. The van der Waals surface area contributed by atoms with Gasteiger partial charge in [0.15, 0.2) is 0 Å². The van der Waals surface area contributed by atoms with Gasteiger partial charge in [0.2, 0.25) is 21.8 Å². The Labute approximate surface area is 221 Å². The van der Waals surface area contributed by atoms with Crippen molar-refractivity contribution in [3.63, 3.8) is 0 Å². The molecule has 0 saturated heterocycles. The van der Waals surface area contributed by atoms with Gasteiger partial charge in [-0.25, -0.2) is 8.42 Å². The van der Waals surface area contributed by atoms with Crippen LogP contribution < -0.4 is 14.4 Å². The zero-order valence-corrected chi connectivity index (χ0v) is 22.9. The summed E-state index contributed by atoms with van der Waals surface area (Å²) in [6.45, 7) is 2.35. The lowest BCUT2D eigenvalue weighted by atomic mass is 10.1. The van der Waals surface area contributed by atoms with Crippen molar-refractivity contribution in [3.8, 4) is 5.75 Å². The molecule has 1 fully saturated rings. The third kappa shape index (κ3) is 7.95. The smallest absolute Gasteiger partial charge is 0.243 e. The fourth-order valence-corrected chi connectivity index (χ4v) is 5.85. The number of anilines is 1. The van der Waals surface area contributed by atoms with Crippen LogP contribution in [0.2, 0.25) is 0 Å². The molecule has 8 nitrogen and oxygen atoms in total. The second kappa shape index (κ2) is 13.5. The van der Waals surface area contributed by atoms with Crippen LogP contribution in [0, 0.1) is 0 Å². The highest BCUT2D eigenvalue weighted by atomic mass is 32.2. The highest BCUT2D eigenvalue weighted by Crippen LogP contribution is 2.30. The number of ether oxygens (including phenoxy) is 1. The summed E-state index contributed by atoms with van der Waals surface area (Å²) in [7, 11) is -2.11. The van der Waals surface area contributed by atoms with Crippen molar-refractivity contribution in [3.05, 3.63) is 60.2 Å². The molecule has 0 radical (unpaired) electrons. The quantitative estimate of drug-likeness (QED) is 0.421. The Bertz CT molecular complexity index is 1130. The van der Waals surface area contributed by atoms with Crippen LogP contribution in [0.1, 0.15) is 57.4 Å². The maximum absolute atomic E-state index is 13.5. The maximum atomic E-state index is 13.5. The molecule has 0 spiro atoms. The molecule has 9 heteroatoms. The summed E-state index contributed by atoms with van der Waals surface area (Å²) >= 11 is 0. The number of nitrogens with zero attached hydrogens (tertiary/aromatic N) is 2. The number of benzene rings is 2. The minimum Gasteiger partial charge on any atom is -0.495 e. The maximum Gasteiger partial charge on any atom is 0.243 e. The number of para-hydroxylation sites is 2. The van der Waals surface area contributed by atoms with Gasteiger partial charge in [-0.3, -0.25) is 13.9 Å². The van der Waals surface area contributed by atoms with Crippen LogP contribution in [-0.2, 0) is 26.2 Å². The number of sulfonamides is 1. The zero-order chi connectivity index (χ0) is 26.8. The van der Waals surface area contributed by atoms with Gasteiger partial charge in [0.1, 0.15) is 11.8 Å². The number of hydrogen-bond donors (Lipinski definition) is 1. The molecule has 1 saturated carbocycles. The highest BCUT2D eigenvalue weighted by Gasteiger charge is 2.31. The molecule has 1 atom stereocenters. The van der Waals surface area contributed by atoms with E-state index in [1.807, 2.05) is 37.3 Å². The monoisotopic (exact) mass is 529 g/mol. The van der Waals surface area contributed by atoms with Crippen molar-refractivity contribution < 1.29 is 22.7 Å². The number of amides is 2. The largest absolute Gasteiger partial charge is 0.495 e. The van der Waals surface area contributed by atoms with Crippen molar-refractivity contribution in [2.75, 3.05) is 24.2 Å². The fraction of sp³-hybridized carbons (Fsp3) is 0.500. The van der Waals surface area contributed by atoms with Gasteiger partial charge in [-0.2, -0.15) is 0 Å². The minimum atomic E-state index is -3.60. The Hall–Kier alpha value is -3.07. The first-order valence-electron chi connectivity index (χ1n) is 13.0. The van der Waals surface area contributed by atoms with Crippen molar-refractivity contribution in [1.29, 1.82) is 0 Å². The lowest BCUT2D eigenvalue weighted by molar-refractivity contribution is -0.141. The van der Waals surface area contributed by atoms with Gasteiger partial charge in [0.25, 0.3) is 0 Å². The van der Waals surface area contributed by atoms with Crippen LogP contribution in [0.4, 0.5) is 5.69 Å². The third-order valence-electron chi connectivity index (χ3n) is 6.79. The SMILES string of the molecule is CCC(C(=O)NC1CCCC1)N(Cc1ccccc1)C(=O)CCCN(c1ccccc1OC)S(C)(=O)=O. The van der Waals surface area contributed by atoms with Crippen LogP contribution in [0.25, 0.3) is 0 Å². The predicted molar refractivity (Wildman–Crippen MR) is 146 cm³/mol. The van der Waals surface area contributed by atoms with Gasteiger partial charge in [-0.05, 0) is 43.4 Å². The molecule has 2 amide bonds. The van der Waals surface area contributed by atoms with Crippen molar-refractivity contribution in [1.82, 2.24) is 10.2 Å². The van der Waals surface area contributed by atoms with Gasteiger partial charge < -0.3 is 15.0 Å². The van der Waals surface area contributed by atoms with Gasteiger partial charge >= 0.3 is 0 Å². The van der Waals surface area contributed by atoms with Crippen LogP contribution in [-0.4, -0.2) is 57.1 Å². The van der Waals surface area contributed by atoms with E-state index >= 15 is 0 Å². The van der Waals surface area contributed by atoms with Crippen molar-refractivity contribution >= 4 is 27.5 Å². The molecule has 2 aromatic carbocycles. The normalized spacial score (nSPS) is 14.7. The molecule has 0 aromatic heterocycles. The van der Waals surface area contributed by atoms with Crippen molar-refractivity contribution in [2.45, 2.75) is 70.5 Å². The van der Waals surface area contributed by atoms with Gasteiger partial charge in [0, 0.05) is 25.6 Å². The van der Waals surface area contributed by atoms with E-state index in [1.165, 1.54) is 11.4 Å². The molecule has 1 unspecified atom stereocenters. The summed E-state index contributed by atoms with van der Waals surface area (Å²) in [5.74, 6) is 0.149. The summed E-state index contributed by atoms with van der Waals surface area (Å²) < 4.78 is 31.8. The average Bonchev–Trinajstić information content (AvgIpc) is 3.39. The number of methoxy groups -OCH3 is 1. The summed E-state index contributed by atoms with van der Waals surface area (Å²) in [5.41, 5.74) is 1.37. The lowest BCUT2D eigenvalue weighted by Crippen LogP contribution is -2.51. The Balaban J connectivity index is 1.75. The first-order chi connectivity index (χ1) is 17.7. The van der Waals surface area contributed by atoms with Crippen molar-refractivity contribution in [2.24, 2.45) is 0 Å². The van der Waals surface area contributed by atoms with Crippen LogP contribution in [0.3, 0.4) is 0 Å². The second-order valence-corrected chi connectivity index (χ2v) is 11.4. The van der Waals surface area contributed by atoms with E-state index in [-0.39, 0.29) is 30.8 Å². The molecule has 202 valence electrons. The fourth-order valence-electron chi connectivity index (χ4n) is 4.89. The Morgan fingerprint density at radius 3 is 2.32 bits per heavy atom.